The minimum atomic E-state index is 0.475. The Hall–Kier alpha value is -2.89. The second-order valence-electron chi connectivity index (χ2n) is 4.17. The van der Waals surface area contributed by atoms with Crippen LogP contribution in [-0.2, 0) is 0 Å². The van der Waals surface area contributed by atoms with Crippen LogP contribution in [-0.4, -0.2) is 27.1 Å². The molecule has 100 valence electrons. The summed E-state index contributed by atoms with van der Waals surface area (Å²) in [7, 11) is 1.62. The molecular formula is C14H13N5O. The first kappa shape index (κ1) is 12.2. The van der Waals surface area contributed by atoms with Gasteiger partial charge < -0.3 is 10.5 Å². The SMILES string of the molecule is COc1ccc(-n2nnc(-c3cccnc3)c2N)cc1. The van der Waals surface area contributed by atoms with Crippen LogP contribution in [0.15, 0.2) is 48.8 Å². The van der Waals surface area contributed by atoms with E-state index in [9.17, 15) is 0 Å². The van der Waals surface area contributed by atoms with E-state index in [2.05, 4.69) is 15.3 Å². The molecule has 20 heavy (non-hydrogen) atoms. The molecule has 0 bridgehead atoms. The summed E-state index contributed by atoms with van der Waals surface area (Å²) in [5.41, 5.74) is 8.40. The zero-order chi connectivity index (χ0) is 13.9. The molecule has 0 saturated heterocycles. The van der Waals surface area contributed by atoms with Gasteiger partial charge in [-0.25, -0.2) is 0 Å². The van der Waals surface area contributed by atoms with Gasteiger partial charge >= 0.3 is 0 Å². The lowest BCUT2D eigenvalue weighted by molar-refractivity contribution is 0.414. The van der Waals surface area contributed by atoms with Gasteiger partial charge in [0.1, 0.15) is 11.4 Å². The predicted molar refractivity (Wildman–Crippen MR) is 75.6 cm³/mol. The Kier molecular flexibility index (Phi) is 3.04. The van der Waals surface area contributed by atoms with Gasteiger partial charge in [-0.2, -0.15) is 4.68 Å². The molecule has 0 spiro atoms. The van der Waals surface area contributed by atoms with Crippen molar-refractivity contribution in [2.45, 2.75) is 0 Å². The lowest BCUT2D eigenvalue weighted by atomic mass is 10.2. The number of pyridine rings is 1. The smallest absolute Gasteiger partial charge is 0.155 e. The first-order chi connectivity index (χ1) is 9.79. The Morgan fingerprint density at radius 2 is 1.95 bits per heavy atom. The molecule has 3 aromatic rings. The van der Waals surface area contributed by atoms with Crippen molar-refractivity contribution in [1.82, 2.24) is 20.0 Å². The van der Waals surface area contributed by atoms with Gasteiger partial charge in [-0.3, -0.25) is 4.98 Å². The van der Waals surface area contributed by atoms with Gasteiger partial charge in [0.15, 0.2) is 5.82 Å². The fourth-order valence-corrected chi connectivity index (χ4v) is 1.91. The molecule has 2 aromatic heterocycles. The highest BCUT2D eigenvalue weighted by molar-refractivity contribution is 5.70. The standard InChI is InChI=1S/C14H13N5O/c1-20-12-6-4-11(5-7-12)19-14(15)13(17-18-19)10-3-2-8-16-9-10/h2-9H,15H2,1H3. The Morgan fingerprint density at radius 3 is 2.60 bits per heavy atom. The van der Waals surface area contributed by atoms with Crippen LogP contribution in [0, 0.1) is 0 Å². The van der Waals surface area contributed by atoms with E-state index >= 15 is 0 Å². The molecule has 6 heteroatoms. The maximum Gasteiger partial charge on any atom is 0.155 e. The van der Waals surface area contributed by atoms with Crippen molar-refractivity contribution in [3.8, 4) is 22.7 Å². The van der Waals surface area contributed by atoms with Crippen molar-refractivity contribution in [2.24, 2.45) is 0 Å². The minimum absolute atomic E-state index is 0.475. The molecule has 0 radical (unpaired) electrons. The van der Waals surface area contributed by atoms with E-state index in [1.54, 1.807) is 24.2 Å². The molecule has 0 fully saturated rings. The van der Waals surface area contributed by atoms with E-state index < -0.39 is 0 Å². The number of hydrogen-bond acceptors (Lipinski definition) is 5. The third kappa shape index (κ3) is 2.07. The number of ether oxygens (including phenoxy) is 1. The number of benzene rings is 1. The summed E-state index contributed by atoms with van der Waals surface area (Å²) in [6, 6.07) is 11.2. The monoisotopic (exact) mass is 267 g/mol. The van der Waals surface area contributed by atoms with Gasteiger partial charge in [-0.05, 0) is 36.4 Å². The van der Waals surface area contributed by atoms with Crippen LogP contribution < -0.4 is 10.5 Å². The van der Waals surface area contributed by atoms with Crippen molar-refractivity contribution >= 4 is 5.82 Å². The number of aromatic nitrogens is 4. The van der Waals surface area contributed by atoms with Crippen molar-refractivity contribution < 1.29 is 4.74 Å². The average Bonchev–Trinajstić information content (AvgIpc) is 2.90. The van der Waals surface area contributed by atoms with Gasteiger partial charge in [0, 0.05) is 18.0 Å². The van der Waals surface area contributed by atoms with E-state index in [0.717, 1.165) is 17.0 Å². The van der Waals surface area contributed by atoms with Gasteiger partial charge in [0.2, 0.25) is 0 Å². The number of nitrogens with two attached hydrogens (primary N) is 1. The molecule has 0 aliphatic heterocycles. The molecule has 3 rings (SSSR count). The summed E-state index contributed by atoms with van der Waals surface area (Å²) < 4.78 is 6.71. The fourth-order valence-electron chi connectivity index (χ4n) is 1.91. The number of rotatable bonds is 3. The number of hydrogen-bond donors (Lipinski definition) is 1. The first-order valence-corrected chi connectivity index (χ1v) is 6.05. The maximum atomic E-state index is 6.12. The van der Waals surface area contributed by atoms with Crippen molar-refractivity contribution in [3.05, 3.63) is 48.8 Å². The number of nitrogen functional groups attached to an aromatic ring is 1. The maximum absolute atomic E-state index is 6.12. The van der Waals surface area contributed by atoms with Crippen molar-refractivity contribution in [3.63, 3.8) is 0 Å². The third-order valence-electron chi connectivity index (χ3n) is 2.96. The van der Waals surface area contributed by atoms with Gasteiger partial charge in [-0.15, -0.1) is 5.10 Å². The molecule has 1 aromatic carbocycles. The molecule has 2 N–H and O–H groups in total. The van der Waals surface area contributed by atoms with Gasteiger partial charge in [-0.1, -0.05) is 5.21 Å². The Bertz CT molecular complexity index is 706. The van der Waals surface area contributed by atoms with Gasteiger partial charge in [0.25, 0.3) is 0 Å². The van der Waals surface area contributed by atoms with E-state index in [1.807, 2.05) is 36.4 Å². The average molecular weight is 267 g/mol. The molecule has 0 amide bonds. The van der Waals surface area contributed by atoms with Crippen LogP contribution in [0.4, 0.5) is 5.82 Å². The topological polar surface area (TPSA) is 78.8 Å². The van der Waals surface area contributed by atoms with Crippen LogP contribution in [0.3, 0.4) is 0 Å². The lowest BCUT2D eigenvalue weighted by Gasteiger charge is -2.05. The van der Waals surface area contributed by atoms with Crippen LogP contribution in [0.25, 0.3) is 16.9 Å². The summed E-state index contributed by atoms with van der Waals surface area (Å²) in [6.45, 7) is 0. The zero-order valence-corrected chi connectivity index (χ0v) is 10.9. The predicted octanol–water partition coefficient (Wildman–Crippen LogP) is 1.92. The first-order valence-electron chi connectivity index (χ1n) is 6.05. The van der Waals surface area contributed by atoms with Crippen LogP contribution in [0.1, 0.15) is 0 Å². The number of anilines is 1. The summed E-state index contributed by atoms with van der Waals surface area (Å²) in [4.78, 5) is 4.06. The molecule has 2 heterocycles. The number of nitrogens with zero attached hydrogens (tertiary/aromatic N) is 4. The summed E-state index contributed by atoms with van der Waals surface area (Å²) in [5.74, 6) is 1.25. The van der Waals surface area contributed by atoms with Gasteiger partial charge in [0.05, 0.1) is 12.8 Å². The molecule has 6 nitrogen and oxygen atoms in total. The lowest BCUT2D eigenvalue weighted by Crippen LogP contribution is -2.02. The summed E-state index contributed by atoms with van der Waals surface area (Å²) in [5, 5.41) is 8.21. The Morgan fingerprint density at radius 1 is 1.15 bits per heavy atom. The molecule has 0 saturated carbocycles. The third-order valence-corrected chi connectivity index (χ3v) is 2.96. The highest BCUT2D eigenvalue weighted by Crippen LogP contribution is 2.25. The van der Waals surface area contributed by atoms with Crippen LogP contribution >= 0.6 is 0 Å². The molecule has 0 atom stereocenters. The van der Waals surface area contributed by atoms with E-state index in [-0.39, 0.29) is 0 Å². The highest BCUT2D eigenvalue weighted by atomic mass is 16.5. The van der Waals surface area contributed by atoms with E-state index in [0.29, 0.717) is 11.5 Å². The van der Waals surface area contributed by atoms with Crippen molar-refractivity contribution in [1.29, 1.82) is 0 Å². The minimum Gasteiger partial charge on any atom is -0.497 e. The molecule has 0 aliphatic carbocycles. The van der Waals surface area contributed by atoms with E-state index in [1.165, 1.54) is 0 Å². The molecular weight excluding hydrogens is 254 g/mol. The number of methoxy groups -OCH3 is 1. The van der Waals surface area contributed by atoms with Crippen LogP contribution in [0.2, 0.25) is 0 Å². The quantitative estimate of drug-likeness (QED) is 0.784. The fraction of sp³-hybridized carbons (Fsp3) is 0.0714. The van der Waals surface area contributed by atoms with Crippen LogP contribution in [0.5, 0.6) is 5.75 Å². The van der Waals surface area contributed by atoms with Crippen molar-refractivity contribution in [2.75, 3.05) is 12.8 Å². The second kappa shape index (κ2) is 5.00. The molecule has 0 unspecified atom stereocenters. The largest absolute Gasteiger partial charge is 0.497 e. The Balaban J connectivity index is 2.01. The van der Waals surface area contributed by atoms with E-state index in [4.69, 9.17) is 10.5 Å². The summed E-state index contributed by atoms with van der Waals surface area (Å²) in [6.07, 6.45) is 3.41. The zero-order valence-electron chi connectivity index (χ0n) is 10.9. The highest BCUT2D eigenvalue weighted by Gasteiger charge is 2.12. The summed E-state index contributed by atoms with van der Waals surface area (Å²) >= 11 is 0. The molecule has 0 aliphatic rings. The Labute approximate surface area is 115 Å². The second-order valence-corrected chi connectivity index (χ2v) is 4.17. The normalized spacial score (nSPS) is 10.4.